The van der Waals surface area contributed by atoms with E-state index in [4.69, 9.17) is 9.84 Å². The molecular formula is C13H24N2O4. The van der Waals surface area contributed by atoms with Crippen LogP contribution in [0.5, 0.6) is 0 Å². The average Bonchev–Trinajstić information content (AvgIpc) is 2.24. The van der Waals surface area contributed by atoms with Crippen LogP contribution in [-0.2, 0) is 9.53 Å². The van der Waals surface area contributed by atoms with Gasteiger partial charge < -0.3 is 20.5 Å². The van der Waals surface area contributed by atoms with Gasteiger partial charge in [0.1, 0.15) is 5.60 Å². The van der Waals surface area contributed by atoms with Crippen molar-refractivity contribution in [1.29, 1.82) is 0 Å². The van der Waals surface area contributed by atoms with Crippen LogP contribution in [-0.4, -0.2) is 42.4 Å². The van der Waals surface area contributed by atoms with E-state index in [0.717, 1.165) is 13.0 Å². The number of ether oxygens (including phenoxy) is 1. The Kier molecular flexibility index (Phi) is 5.60. The minimum absolute atomic E-state index is 0.0567. The lowest BCUT2D eigenvalue weighted by molar-refractivity contribution is -0.138. The van der Waals surface area contributed by atoms with Crippen LogP contribution in [0.1, 0.15) is 33.6 Å². The number of hydrogen-bond acceptors (Lipinski definition) is 4. The number of hydrogen-bond donors (Lipinski definition) is 3. The van der Waals surface area contributed by atoms with Crippen LogP contribution >= 0.6 is 0 Å². The number of alkyl carbamates (subject to hydrolysis) is 1. The second kappa shape index (κ2) is 6.75. The van der Waals surface area contributed by atoms with Crippen molar-refractivity contribution in [3.63, 3.8) is 0 Å². The molecule has 1 aliphatic rings. The van der Waals surface area contributed by atoms with Crippen molar-refractivity contribution in [3.8, 4) is 0 Å². The number of carboxylic acid groups (broad SMARTS) is 1. The van der Waals surface area contributed by atoms with Crippen LogP contribution in [0.4, 0.5) is 4.79 Å². The van der Waals surface area contributed by atoms with Crippen LogP contribution in [0.25, 0.3) is 0 Å². The highest BCUT2D eigenvalue weighted by Crippen LogP contribution is 2.21. The largest absolute Gasteiger partial charge is 0.481 e. The van der Waals surface area contributed by atoms with E-state index in [0.29, 0.717) is 13.1 Å². The van der Waals surface area contributed by atoms with Crippen LogP contribution < -0.4 is 10.6 Å². The summed E-state index contributed by atoms with van der Waals surface area (Å²) in [4.78, 5) is 22.4. The first-order valence-corrected chi connectivity index (χ1v) is 6.67. The second-order valence-electron chi connectivity index (χ2n) is 5.99. The Morgan fingerprint density at radius 1 is 1.37 bits per heavy atom. The summed E-state index contributed by atoms with van der Waals surface area (Å²) >= 11 is 0. The minimum Gasteiger partial charge on any atom is -0.481 e. The van der Waals surface area contributed by atoms with E-state index in [9.17, 15) is 9.59 Å². The summed E-state index contributed by atoms with van der Waals surface area (Å²) in [5.41, 5.74) is -0.515. The molecule has 19 heavy (non-hydrogen) atoms. The molecule has 1 fully saturated rings. The summed E-state index contributed by atoms with van der Waals surface area (Å²) in [6.45, 7) is 7.44. The lowest BCUT2D eigenvalue weighted by Gasteiger charge is -2.31. The molecular weight excluding hydrogens is 248 g/mol. The van der Waals surface area contributed by atoms with Gasteiger partial charge in [-0.15, -0.1) is 0 Å². The third-order valence-electron chi connectivity index (χ3n) is 3.11. The highest BCUT2D eigenvalue weighted by atomic mass is 16.6. The molecule has 0 aromatic carbocycles. The average molecular weight is 272 g/mol. The number of aliphatic carboxylic acids is 1. The van der Waals surface area contributed by atoms with Crippen molar-refractivity contribution < 1.29 is 19.4 Å². The SMILES string of the molecule is CC(C)(C)OC(=O)NC[C@@H]1CCNC[C@@H]1CC(=O)O. The van der Waals surface area contributed by atoms with E-state index in [-0.39, 0.29) is 18.3 Å². The number of carboxylic acids is 1. The molecule has 1 rings (SSSR count). The molecule has 0 saturated carbocycles. The zero-order valence-electron chi connectivity index (χ0n) is 11.9. The summed E-state index contributed by atoms with van der Waals surface area (Å²) in [5, 5.41) is 14.8. The van der Waals surface area contributed by atoms with Crippen molar-refractivity contribution >= 4 is 12.1 Å². The Bertz CT molecular complexity index is 325. The first kappa shape index (κ1) is 15.8. The molecule has 1 amide bonds. The summed E-state index contributed by atoms with van der Waals surface area (Å²) in [7, 11) is 0. The number of amides is 1. The van der Waals surface area contributed by atoms with Gasteiger partial charge in [0.2, 0.25) is 0 Å². The molecule has 1 saturated heterocycles. The molecule has 6 heteroatoms. The molecule has 0 spiro atoms. The summed E-state index contributed by atoms with van der Waals surface area (Å²) in [6, 6.07) is 0. The van der Waals surface area contributed by atoms with E-state index in [1.165, 1.54) is 0 Å². The molecule has 0 aliphatic carbocycles. The van der Waals surface area contributed by atoms with E-state index < -0.39 is 17.7 Å². The van der Waals surface area contributed by atoms with Gasteiger partial charge in [0.15, 0.2) is 0 Å². The van der Waals surface area contributed by atoms with E-state index in [1.807, 2.05) is 20.8 Å². The Hall–Kier alpha value is -1.30. The number of nitrogens with one attached hydrogen (secondary N) is 2. The smallest absolute Gasteiger partial charge is 0.407 e. The summed E-state index contributed by atoms with van der Waals surface area (Å²) in [5.74, 6) is -0.554. The molecule has 0 aromatic heterocycles. The number of rotatable bonds is 4. The lowest BCUT2D eigenvalue weighted by atomic mass is 9.84. The predicted molar refractivity (Wildman–Crippen MR) is 71.0 cm³/mol. The summed E-state index contributed by atoms with van der Waals surface area (Å²) < 4.78 is 5.16. The van der Waals surface area contributed by atoms with Gasteiger partial charge in [-0.1, -0.05) is 0 Å². The van der Waals surface area contributed by atoms with Gasteiger partial charge >= 0.3 is 12.1 Å². The van der Waals surface area contributed by atoms with Crippen molar-refractivity contribution in [2.24, 2.45) is 11.8 Å². The van der Waals surface area contributed by atoms with Crippen LogP contribution in [0.15, 0.2) is 0 Å². The van der Waals surface area contributed by atoms with E-state index in [1.54, 1.807) is 0 Å². The highest BCUT2D eigenvalue weighted by Gasteiger charge is 2.27. The van der Waals surface area contributed by atoms with Gasteiger partial charge in [0.05, 0.1) is 0 Å². The first-order valence-electron chi connectivity index (χ1n) is 6.67. The van der Waals surface area contributed by atoms with E-state index in [2.05, 4.69) is 10.6 Å². The van der Waals surface area contributed by atoms with Crippen molar-refractivity contribution in [2.45, 2.75) is 39.2 Å². The monoisotopic (exact) mass is 272 g/mol. The normalized spacial score (nSPS) is 23.7. The molecule has 3 N–H and O–H groups in total. The van der Waals surface area contributed by atoms with Crippen molar-refractivity contribution in [1.82, 2.24) is 10.6 Å². The number of piperidine rings is 1. The highest BCUT2D eigenvalue weighted by molar-refractivity contribution is 5.68. The fourth-order valence-electron chi connectivity index (χ4n) is 2.24. The third kappa shape index (κ3) is 6.42. The Morgan fingerprint density at radius 2 is 2.05 bits per heavy atom. The maximum absolute atomic E-state index is 11.6. The predicted octanol–water partition coefficient (Wildman–Crippen LogP) is 1.21. The van der Waals surface area contributed by atoms with Crippen LogP contribution in [0.3, 0.4) is 0 Å². The van der Waals surface area contributed by atoms with Crippen LogP contribution in [0, 0.1) is 11.8 Å². The lowest BCUT2D eigenvalue weighted by Crippen LogP contribution is -2.44. The molecule has 1 heterocycles. The second-order valence-corrected chi connectivity index (χ2v) is 5.99. The Labute approximate surface area is 113 Å². The number of carbonyl (C=O) groups excluding carboxylic acids is 1. The van der Waals surface area contributed by atoms with Gasteiger partial charge in [0, 0.05) is 13.0 Å². The summed E-state index contributed by atoms with van der Waals surface area (Å²) in [6.07, 6.45) is 0.557. The quantitative estimate of drug-likeness (QED) is 0.716. The maximum Gasteiger partial charge on any atom is 0.407 e. The zero-order valence-corrected chi connectivity index (χ0v) is 11.9. The first-order chi connectivity index (χ1) is 8.78. The maximum atomic E-state index is 11.6. The fraction of sp³-hybridized carbons (Fsp3) is 0.846. The van der Waals surface area contributed by atoms with Crippen molar-refractivity contribution in [3.05, 3.63) is 0 Å². The molecule has 0 unspecified atom stereocenters. The zero-order chi connectivity index (χ0) is 14.5. The molecule has 0 aromatic rings. The van der Waals surface area contributed by atoms with Gasteiger partial charge in [-0.25, -0.2) is 4.79 Å². The fourth-order valence-corrected chi connectivity index (χ4v) is 2.24. The van der Waals surface area contributed by atoms with Gasteiger partial charge in [-0.05, 0) is 52.1 Å². The Morgan fingerprint density at radius 3 is 2.63 bits per heavy atom. The van der Waals surface area contributed by atoms with Gasteiger partial charge in [-0.3, -0.25) is 4.79 Å². The molecule has 0 radical (unpaired) electrons. The molecule has 0 bridgehead atoms. The molecule has 110 valence electrons. The third-order valence-corrected chi connectivity index (χ3v) is 3.11. The molecule has 2 atom stereocenters. The standard InChI is InChI=1S/C13H24N2O4/c1-13(2,3)19-12(18)15-8-9-4-5-14-7-10(9)6-11(16)17/h9-10,14H,4-8H2,1-3H3,(H,15,18)(H,16,17)/t9-,10-/m0/s1. The van der Waals surface area contributed by atoms with Gasteiger partial charge in [0.25, 0.3) is 0 Å². The van der Waals surface area contributed by atoms with Crippen molar-refractivity contribution in [2.75, 3.05) is 19.6 Å². The van der Waals surface area contributed by atoms with Gasteiger partial charge in [-0.2, -0.15) is 0 Å². The van der Waals surface area contributed by atoms with Crippen LogP contribution in [0.2, 0.25) is 0 Å². The van der Waals surface area contributed by atoms with E-state index >= 15 is 0 Å². The molecule has 6 nitrogen and oxygen atoms in total. The Balaban J connectivity index is 2.40. The number of carbonyl (C=O) groups is 2. The topological polar surface area (TPSA) is 87.7 Å². The minimum atomic E-state index is -0.795. The molecule has 1 aliphatic heterocycles.